The largest absolute Gasteiger partial charge is 0.383 e. The van der Waals surface area contributed by atoms with E-state index in [1.807, 2.05) is 42.5 Å². The Morgan fingerprint density at radius 3 is 2.32 bits per heavy atom. The number of hydrogen-bond donors (Lipinski definition) is 3. The van der Waals surface area contributed by atoms with Crippen LogP contribution in [0.3, 0.4) is 0 Å². The topological polar surface area (TPSA) is 147 Å². The average Bonchev–Trinajstić information content (AvgIpc) is 2.86. The number of amidine groups is 1. The number of hydrogen-bond acceptors (Lipinski definition) is 7. The molecule has 0 fully saturated rings. The molecule has 0 saturated carbocycles. The Morgan fingerprint density at radius 2 is 1.68 bits per heavy atom. The predicted octanol–water partition coefficient (Wildman–Crippen LogP) is 4.68. The fourth-order valence-electron chi connectivity index (χ4n) is 2.83. The number of rotatable bonds is 9. The quantitative estimate of drug-likeness (QED) is 0.0775. The summed E-state index contributed by atoms with van der Waals surface area (Å²) in [6.45, 7) is 0.883. The Kier molecular flexibility index (Phi) is 9.11. The van der Waals surface area contributed by atoms with Crippen molar-refractivity contribution in [1.82, 2.24) is 5.32 Å². The molecule has 0 bridgehead atoms. The van der Waals surface area contributed by atoms with Crippen LogP contribution in [0.2, 0.25) is 0 Å². The molecule has 0 atom stereocenters. The zero-order valence-corrected chi connectivity index (χ0v) is 18.9. The van der Waals surface area contributed by atoms with Crippen LogP contribution in [0.25, 0.3) is 0 Å². The molecule has 3 aromatic carbocycles. The molecule has 34 heavy (non-hydrogen) atoms. The highest BCUT2D eigenvalue weighted by Gasteiger charge is 2.07. The number of carbonyl (C=O) groups is 1. The van der Waals surface area contributed by atoms with Gasteiger partial charge in [-0.25, -0.2) is 4.99 Å². The summed E-state index contributed by atoms with van der Waals surface area (Å²) < 4.78 is 0. The van der Waals surface area contributed by atoms with Crippen LogP contribution in [0.15, 0.2) is 94.2 Å². The Labute approximate surface area is 200 Å². The lowest BCUT2D eigenvalue weighted by atomic mass is 10.1. The summed E-state index contributed by atoms with van der Waals surface area (Å²) in [5.41, 5.74) is 3.07. The lowest BCUT2D eigenvalue weighted by Gasteiger charge is -2.08. The molecule has 0 aliphatic rings. The second-order valence-electron chi connectivity index (χ2n) is 6.92. The van der Waals surface area contributed by atoms with Gasteiger partial charge in [0.15, 0.2) is 0 Å². The predicted molar refractivity (Wildman–Crippen MR) is 134 cm³/mol. The van der Waals surface area contributed by atoms with Crippen molar-refractivity contribution < 1.29 is 9.72 Å². The number of nitro groups is 1. The Morgan fingerprint density at radius 1 is 0.971 bits per heavy atom. The number of anilines is 1. The summed E-state index contributed by atoms with van der Waals surface area (Å²) in [6.07, 6.45) is 0. The zero-order chi connectivity index (χ0) is 24.2. The minimum atomic E-state index is -0.448. The molecular formula is C23H23N7O3S. The number of thioether (sulfide) groups is 1. The average molecular weight is 478 g/mol. The summed E-state index contributed by atoms with van der Waals surface area (Å²) in [6, 6.07) is 22.8. The van der Waals surface area contributed by atoms with Gasteiger partial charge in [0.05, 0.1) is 10.6 Å². The number of aliphatic imine (C=N–C) groups is 1. The van der Waals surface area contributed by atoms with Gasteiger partial charge in [0.25, 0.3) is 11.6 Å². The van der Waals surface area contributed by atoms with E-state index in [1.165, 1.54) is 23.9 Å². The molecule has 3 aromatic rings. The summed E-state index contributed by atoms with van der Waals surface area (Å²) in [4.78, 5) is 27.0. The summed E-state index contributed by atoms with van der Waals surface area (Å²) in [5.74, 6) is 5.60. The second-order valence-corrected chi connectivity index (χ2v) is 7.86. The smallest absolute Gasteiger partial charge is 0.269 e. The molecule has 10 nitrogen and oxygen atoms in total. The molecule has 1 amide bonds. The van der Waals surface area contributed by atoms with Crippen LogP contribution in [0.5, 0.6) is 0 Å². The van der Waals surface area contributed by atoms with Crippen molar-refractivity contribution in [2.75, 3.05) is 18.4 Å². The van der Waals surface area contributed by atoms with Gasteiger partial charge in [0, 0.05) is 42.2 Å². The van der Waals surface area contributed by atoms with Crippen molar-refractivity contribution >= 4 is 39.9 Å². The van der Waals surface area contributed by atoms with Crippen LogP contribution < -0.4 is 16.5 Å². The fourth-order valence-corrected chi connectivity index (χ4v) is 3.60. The third kappa shape index (κ3) is 7.71. The van der Waals surface area contributed by atoms with Crippen LogP contribution in [-0.4, -0.2) is 29.1 Å². The van der Waals surface area contributed by atoms with Gasteiger partial charge in [-0.1, -0.05) is 47.3 Å². The van der Waals surface area contributed by atoms with Crippen molar-refractivity contribution in [3.63, 3.8) is 0 Å². The summed E-state index contributed by atoms with van der Waals surface area (Å²) >= 11 is 1.39. The van der Waals surface area contributed by atoms with Gasteiger partial charge < -0.3 is 16.5 Å². The van der Waals surface area contributed by atoms with Crippen molar-refractivity contribution in [3.05, 3.63) is 100 Å². The molecule has 0 unspecified atom stereocenters. The number of carbonyl (C=O) groups excluding carboxylic acids is 1. The lowest BCUT2D eigenvalue weighted by Crippen LogP contribution is -2.28. The van der Waals surface area contributed by atoms with E-state index >= 15 is 0 Å². The van der Waals surface area contributed by atoms with Crippen LogP contribution in [0.4, 0.5) is 17.1 Å². The number of nitro benzene ring substituents is 1. The van der Waals surface area contributed by atoms with E-state index in [0.717, 1.165) is 16.9 Å². The number of para-hydroxylation sites is 1. The van der Waals surface area contributed by atoms with Crippen LogP contribution in [0.1, 0.15) is 15.9 Å². The van der Waals surface area contributed by atoms with E-state index in [9.17, 15) is 14.9 Å². The highest BCUT2D eigenvalue weighted by atomic mass is 32.2. The Hall–Kier alpha value is -4.25. The third-order valence-electron chi connectivity index (χ3n) is 4.53. The van der Waals surface area contributed by atoms with E-state index in [0.29, 0.717) is 29.6 Å². The van der Waals surface area contributed by atoms with Crippen molar-refractivity contribution in [2.24, 2.45) is 21.2 Å². The first kappa shape index (κ1) is 24.4. The van der Waals surface area contributed by atoms with Crippen LogP contribution >= 0.6 is 11.8 Å². The first-order valence-electron chi connectivity index (χ1n) is 10.3. The normalized spacial score (nSPS) is 11.4. The van der Waals surface area contributed by atoms with E-state index in [-0.39, 0.29) is 11.6 Å². The van der Waals surface area contributed by atoms with Gasteiger partial charge in [-0.2, -0.15) is 0 Å². The van der Waals surface area contributed by atoms with E-state index in [4.69, 9.17) is 5.84 Å². The molecule has 11 heteroatoms. The van der Waals surface area contributed by atoms with Crippen molar-refractivity contribution in [2.45, 2.75) is 5.75 Å². The van der Waals surface area contributed by atoms with Gasteiger partial charge in [0.1, 0.15) is 0 Å². The van der Waals surface area contributed by atoms with Crippen LogP contribution in [-0.2, 0) is 5.75 Å². The van der Waals surface area contributed by atoms with Gasteiger partial charge in [-0.15, -0.1) is 5.11 Å². The van der Waals surface area contributed by atoms with Gasteiger partial charge in [-0.05, 0) is 42.0 Å². The van der Waals surface area contributed by atoms with Gasteiger partial charge in [0.2, 0.25) is 5.17 Å². The maximum absolute atomic E-state index is 12.4. The minimum absolute atomic E-state index is 0.0316. The van der Waals surface area contributed by atoms with Crippen molar-refractivity contribution in [1.29, 1.82) is 0 Å². The highest BCUT2D eigenvalue weighted by Crippen LogP contribution is 2.20. The first-order chi connectivity index (χ1) is 16.5. The third-order valence-corrected chi connectivity index (χ3v) is 5.43. The molecule has 0 aliphatic carbocycles. The van der Waals surface area contributed by atoms with E-state index in [2.05, 4.69) is 26.0 Å². The van der Waals surface area contributed by atoms with E-state index < -0.39 is 4.92 Å². The monoisotopic (exact) mass is 477 g/mol. The molecule has 0 radical (unpaired) electrons. The molecule has 4 N–H and O–H groups in total. The molecule has 174 valence electrons. The Balaban J connectivity index is 1.45. The van der Waals surface area contributed by atoms with Gasteiger partial charge in [-0.3, -0.25) is 14.9 Å². The second kappa shape index (κ2) is 12.7. The SMILES string of the molecule is NN=NC(=Nc1ccccc1)SCc1ccc(C(=O)NCCNc2ccc([N+](=O)[O-])cc2)cc1. The maximum Gasteiger partial charge on any atom is 0.269 e. The fraction of sp³-hybridized carbons (Fsp3) is 0.130. The Bertz CT molecular complexity index is 1150. The highest BCUT2D eigenvalue weighted by molar-refractivity contribution is 8.13. The lowest BCUT2D eigenvalue weighted by molar-refractivity contribution is -0.384. The minimum Gasteiger partial charge on any atom is -0.383 e. The molecular weight excluding hydrogens is 454 g/mol. The number of nitrogens with two attached hydrogens (primary N) is 1. The van der Waals surface area contributed by atoms with Crippen molar-refractivity contribution in [3.8, 4) is 0 Å². The summed E-state index contributed by atoms with van der Waals surface area (Å²) in [7, 11) is 0. The standard InChI is InChI=1S/C23H23N7O3S/c24-29-28-23(27-20-4-2-1-3-5-20)34-16-17-6-8-18(9-7-17)22(31)26-15-14-25-19-10-12-21(13-11-19)30(32)33/h1-13,25H,14-16H2,(H,26,31)(H2,24,27,28). The molecule has 0 spiro atoms. The molecule has 0 aromatic heterocycles. The molecule has 0 heterocycles. The first-order valence-corrected chi connectivity index (χ1v) is 11.3. The number of nitrogens with zero attached hydrogens (tertiary/aromatic N) is 4. The zero-order valence-electron chi connectivity index (χ0n) is 18.1. The number of benzene rings is 3. The maximum atomic E-state index is 12.4. The van der Waals surface area contributed by atoms with Gasteiger partial charge >= 0.3 is 0 Å². The summed E-state index contributed by atoms with van der Waals surface area (Å²) in [5, 5.41) is 24.3. The number of amides is 1. The molecule has 0 saturated heterocycles. The molecule has 3 rings (SSSR count). The number of nitrogens with one attached hydrogen (secondary N) is 2. The number of non-ortho nitro benzene ring substituents is 1. The van der Waals surface area contributed by atoms with Crippen LogP contribution in [0, 0.1) is 10.1 Å². The molecule has 0 aliphatic heterocycles. The van der Waals surface area contributed by atoms with E-state index in [1.54, 1.807) is 24.3 Å².